The minimum Gasteiger partial charge on any atom is -0.461 e. The number of esters is 1. The number of benzene rings is 2. The van der Waals surface area contributed by atoms with Crippen LogP contribution in [0.1, 0.15) is 40.2 Å². The van der Waals surface area contributed by atoms with Crippen molar-refractivity contribution in [3.8, 4) is 0 Å². The predicted octanol–water partition coefficient (Wildman–Crippen LogP) is 4.23. The molecule has 1 unspecified atom stereocenters. The highest BCUT2D eigenvalue weighted by Crippen LogP contribution is 2.20. The molecule has 2 aromatic rings. The monoisotopic (exact) mass is 357 g/mol. The van der Waals surface area contributed by atoms with Crippen molar-refractivity contribution in [3.05, 3.63) is 48.0 Å². The Balaban J connectivity index is 2.25. The van der Waals surface area contributed by atoms with E-state index in [1.165, 1.54) is 0 Å². The fraction of sp³-hybridized carbons (Fsp3) is 0.429. The number of ether oxygens (including phenoxy) is 2. The van der Waals surface area contributed by atoms with Crippen LogP contribution in [-0.4, -0.2) is 29.8 Å². The summed E-state index contributed by atoms with van der Waals surface area (Å²) in [4.78, 5) is 24.7. The number of carbonyl (C=O) groups is 2. The number of fused-ring (bicyclic) bond motifs is 1. The molecule has 0 aliphatic rings. The van der Waals surface area contributed by atoms with Gasteiger partial charge < -0.3 is 14.8 Å². The number of alkyl carbamates (subject to hydrolysis) is 1. The fourth-order valence-electron chi connectivity index (χ4n) is 2.65. The van der Waals surface area contributed by atoms with E-state index in [1.54, 1.807) is 34.6 Å². The number of carbonyl (C=O) groups excluding carboxylic acids is 2. The van der Waals surface area contributed by atoms with Crippen LogP contribution in [0.25, 0.3) is 10.8 Å². The maximum Gasteiger partial charge on any atom is 0.408 e. The lowest BCUT2D eigenvalue weighted by atomic mass is 9.99. The lowest BCUT2D eigenvalue weighted by molar-refractivity contribution is -0.149. The molecule has 2 aromatic carbocycles. The summed E-state index contributed by atoms with van der Waals surface area (Å²) < 4.78 is 10.6. The van der Waals surface area contributed by atoms with Gasteiger partial charge in [0.1, 0.15) is 11.6 Å². The molecule has 5 heteroatoms. The molecule has 0 aliphatic heterocycles. The quantitative estimate of drug-likeness (QED) is 0.814. The minimum absolute atomic E-state index is 0.266. The van der Waals surface area contributed by atoms with Gasteiger partial charge in [-0.25, -0.2) is 9.59 Å². The molecule has 0 saturated carbocycles. The van der Waals surface area contributed by atoms with E-state index in [1.807, 2.05) is 42.5 Å². The molecule has 0 spiro atoms. The van der Waals surface area contributed by atoms with Crippen molar-refractivity contribution in [2.45, 2.75) is 58.8 Å². The van der Waals surface area contributed by atoms with Gasteiger partial charge in [-0.1, -0.05) is 42.5 Å². The van der Waals surface area contributed by atoms with Crippen molar-refractivity contribution in [2.75, 3.05) is 0 Å². The van der Waals surface area contributed by atoms with E-state index < -0.39 is 23.7 Å². The number of nitrogens with one attached hydrogen (secondary N) is 1. The number of amides is 1. The van der Waals surface area contributed by atoms with Crippen LogP contribution in [0.5, 0.6) is 0 Å². The Kier molecular flexibility index (Phi) is 6.24. The third-order valence-corrected chi connectivity index (χ3v) is 3.63. The Morgan fingerprint density at radius 1 is 1.04 bits per heavy atom. The van der Waals surface area contributed by atoms with Crippen molar-refractivity contribution < 1.29 is 19.1 Å². The van der Waals surface area contributed by atoms with Gasteiger partial charge in [0.05, 0.1) is 6.10 Å². The third-order valence-electron chi connectivity index (χ3n) is 3.63. The van der Waals surface area contributed by atoms with E-state index in [9.17, 15) is 9.59 Å². The molecule has 0 bridgehead atoms. The van der Waals surface area contributed by atoms with E-state index >= 15 is 0 Å². The van der Waals surface area contributed by atoms with Gasteiger partial charge in [-0.05, 0) is 51.0 Å². The van der Waals surface area contributed by atoms with Crippen LogP contribution >= 0.6 is 0 Å². The summed E-state index contributed by atoms with van der Waals surface area (Å²) in [5.74, 6) is -0.473. The van der Waals surface area contributed by atoms with Gasteiger partial charge in [0.25, 0.3) is 0 Å². The molecule has 2 rings (SSSR count). The summed E-state index contributed by atoms with van der Waals surface area (Å²) in [5.41, 5.74) is 0.320. The fourth-order valence-corrected chi connectivity index (χ4v) is 2.65. The summed E-state index contributed by atoms with van der Waals surface area (Å²) in [6.45, 7) is 8.89. The molecule has 1 amide bonds. The van der Waals surface area contributed by atoms with Gasteiger partial charge in [0.15, 0.2) is 0 Å². The Labute approximate surface area is 154 Å². The predicted molar refractivity (Wildman–Crippen MR) is 102 cm³/mol. The lowest BCUT2D eigenvalue weighted by Gasteiger charge is -2.24. The van der Waals surface area contributed by atoms with Crippen molar-refractivity contribution in [2.24, 2.45) is 0 Å². The molecule has 5 nitrogen and oxygen atoms in total. The maximum atomic E-state index is 12.5. The van der Waals surface area contributed by atoms with E-state index in [-0.39, 0.29) is 6.10 Å². The van der Waals surface area contributed by atoms with Crippen LogP contribution < -0.4 is 5.32 Å². The smallest absolute Gasteiger partial charge is 0.408 e. The first kappa shape index (κ1) is 19.8. The Hall–Kier alpha value is -2.56. The molecule has 0 radical (unpaired) electrons. The number of rotatable bonds is 5. The van der Waals surface area contributed by atoms with Gasteiger partial charge in [-0.3, -0.25) is 0 Å². The highest BCUT2D eigenvalue weighted by molar-refractivity contribution is 5.87. The number of hydrogen-bond acceptors (Lipinski definition) is 4. The van der Waals surface area contributed by atoms with Gasteiger partial charge in [0.2, 0.25) is 0 Å². The molecule has 140 valence electrons. The second-order valence-corrected chi connectivity index (χ2v) is 7.53. The Morgan fingerprint density at radius 3 is 2.35 bits per heavy atom. The summed E-state index contributed by atoms with van der Waals surface area (Å²) in [7, 11) is 0. The topological polar surface area (TPSA) is 64.6 Å². The minimum atomic E-state index is -0.821. The molecule has 1 N–H and O–H groups in total. The molecular formula is C21H27NO4. The summed E-state index contributed by atoms with van der Waals surface area (Å²) in [6.07, 6.45) is -0.576. The van der Waals surface area contributed by atoms with Crippen LogP contribution in [-0.2, 0) is 20.7 Å². The molecule has 0 aromatic heterocycles. The molecule has 0 saturated heterocycles. The second-order valence-electron chi connectivity index (χ2n) is 7.53. The average molecular weight is 357 g/mol. The lowest BCUT2D eigenvalue weighted by Crippen LogP contribution is -2.46. The van der Waals surface area contributed by atoms with Crippen LogP contribution in [0.15, 0.2) is 42.5 Å². The molecule has 26 heavy (non-hydrogen) atoms. The third kappa shape index (κ3) is 5.76. The van der Waals surface area contributed by atoms with Crippen molar-refractivity contribution in [3.63, 3.8) is 0 Å². The first-order valence-electron chi connectivity index (χ1n) is 8.82. The maximum absolute atomic E-state index is 12.5. The van der Waals surface area contributed by atoms with Crippen LogP contribution in [0.4, 0.5) is 4.79 Å². The van der Waals surface area contributed by atoms with E-state index in [0.29, 0.717) is 6.42 Å². The Morgan fingerprint density at radius 2 is 1.69 bits per heavy atom. The average Bonchev–Trinajstić information content (AvgIpc) is 2.52. The Bertz CT molecular complexity index is 772. The van der Waals surface area contributed by atoms with Crippen molar-refractivity contribution >= 4 is 22.8 Å². The van der Waals surface area contributed by atoms with Gasteiger partial charge in [-0.2, -0.15) is 0 Å². The summed E-state index contributed by atoms with van der Waals surface area (Å²) >= 11 is 0. The van der Waals surface area contributed by atoms with E-state index in [2.05, 4.69) is 5.32 Å². The van der Waals surface area contributed by atoms with Gasteiger partial charge in [0, 0.05) is 6.42 Å². The zero-order chi connectivity index (χ0) is 19.3. The van der Waals surface area contributed by atoms with Gasteiger partial charge >= 0.3 is 12.1 Å². The second kappa shape index (κ2) is 8.21. The SMILES string of the molecule is CC(C)OC(=O)C(Cc1cccc2ccccc12)NC(=O)OC(C)(C)C. The standard InChI is InChI=1S/C21H27NO4/c1-14(2)25-19(23)18(22-20(24)26-21(3,4)5)13-16-11-8-10-15-9-6-7-12-17(15)16/h6-12,14,18H,13H2,1-5H3,(H,22,24). The summed E-state index contributed by atoms with van der Waals surface area (Å²) in [6, 6.07) is 13.0. The summed E-state index contributed by atoms with van der Waals surface area (Å²) in [5, 5.41) is 4.78. The highest BCUT2D eigenvalue weighted by Gasteiger charge is 2.27. The van der Waals surface area contributed by atoms with Crippen molar-refractivity contribution in [1.29, 1.82) is 0 Å². The van der Waals surface area contributed by atoms with E-state index in [4.69, 9.17) is 9.47 Å². The molecule has 0 fully saturated rings. The van der Waals surface area contributed by atoms with Crippen LogP contribution in [0.3, 0.4) is 0 Å². The highest BCUT2D eigenvalue weighted by atomic mass is 16.6. The molecule has 0 heterocycles. The van der Waals surface area contributed by atoms with Crippen molar-refractivity contribution in [1.82, 2.24) is 5.32 Å². The largest absolute Gasteiger partial charge is 0.461 e. The normalized spacial score (nSPS) is 12.7. The molecular weight excluding hydrogens is 330 g/mol. The van der Waals surface area contributed by atoms with Crippen LogP contribution in [0, 0.1) is 0 Å². The zero-order valence-electron chi connectivity index (χ0n) is 16.0. The van der Waals surface area contributed by atoms with Crippen LogP contribution in [0.2, 0.25) is 0 Å². The van der Waals surface area contributed by atoms with E-state index in [0.717, 1.165) is 16.3 Å². The van der Waals surface area contributed by atoms with Gasteiger partial charge in [-0.15, -0.1) is 0 Å². The zero-order valence-corrected chi connectivity index (χ0v) is 16.0. The first-order chi connectivity index (χ1) is 12.2. The number of hydrogen-bond donors (Lipinski definition) is 1. The molecule has 0 aliphatic carbocycles. The molecule has 1 atom stereocenters. The first-order valence-corrected chi connectivity index (χ1v) is 8.82.